The van der Waals surface area contributed by atoms with Gasteiger partial charge in [-0.25, -0.2) is 8.78 Å². The van der Waals surface area contributed by atoms with E-state index in [4.69, 9.17) is 0 Å². The van der Waals surface area contributed by atoms with Crippen LogP contribution < -0.4 is 10.6 Å². The molecule has 1 aromatic rings. The second kappa shape index (κ2) is 7.33. The van der Waals surface area contributed by atoms with E-state index < -0.39 is 23.2 Å². The van der Waals surface area contributed by atoms with Crippen molar-refractivity contribution >= 4 is 23.4 Å². The van der Waals surface area contributed by atoms with Crippen molar-refractivity contribution in [3.63, 3.8) is 0 Å². The van der Waals surface area contributed by atoms with Gasteiger partial charge in [0.1, 0.15) is 17.3 Å². The molecule has 0 bridgehead atoms. The fraction of sp³-hybridized carbons (Fsp3) is 0.417. The van der Waals surface area contributed by atoms with Crippen LogP contribution in [0, 0.1) is 11.6 Å². The molecule has 1 amide bonds. The van der Waals surface area contributed by atoms with E-state index in [2.05, 4.69) is 10.6 Å². The summed E-state index contributed by atoms with van der Waals surface area (Å²) in [5.74, 6) is -2.02. The summed E-state index contributed by atoms with van der Waals surface area (Å²) < 4.78 is 26.5. The van der Waals surface area contributed by atoms with Crippen molar-refractivity contribution in [2.45, 2.75) is 12.2 Å². The molecular formula is C12H16F2N2OS. The standard InChI is InChI=1S/C12H16F2N2OS/c1-8(18-2)6-15-7-11(17)16-12-9(13)4-3-5-10(12)14/h3-5,8,15H,6-7H2,1-2H3,(H,16,17). The van der Waals surface area contributed by atoms with Gasteiger partial charge < -0.3 is 10.6 Å². The smallest absolute Gasteiger partial charge is 0.238 e. The maximum atomic E-state index is 13.2. The number of thioether (sulfide) groups is 1. The number of carbonyl (C=O) groups is 1. The van der Waals surface area contributed by atoms with E-state index in [1.165, 1.54) is 6.07 Å². The summed E-state index contributed by atoms with van der Waals surface area (Å²) >= 11 is 1.67. The highest BCUT2D eigenvalue weighted by molar-refractivity contribution is 7.99. The zero-order valence-corrected chi connectivity index (χ0v) is 11.1. The minimum absolute atomic E-state index is 0.0265. The molecule has 1 unspecified atom stereocenters. The lowest BCUT2D eigenvalue weighted by molar-refractivity contribution is -0.115. The number of benzene rings is 1. The van der Waals surface area contributed by atoms with Crippen LogP contribution in [0.2, 0.25) is 0 Å². The van der Waals surface area contributed by atoms with E-state index in [9.17, 15) is 13.6 Å². The van der Waals surface area contributed by atoms with Gasteiger partial charge in [-0.1, -0.05) is 13.0 Å². The SMILES string of the molecule is CSC(C)CNCC(=O)Nc1c(F)cccc1F. The number of nitrogens with one attached hydrogen (secondary N) is 2. The maximum Gasteiger partial charge on any atom is 0.238 e. The van der Waals surface area contributed by atoms with E-state index in [1.807, 2.05) is 13.2 Å². The summed E-state index contributed by atoms with van der Waals surface area (Å²) in [6.07, 6.45) is 1.97. The normalized spacial score (nSPS) is 12.2. The fourth-order valence-electron chi connectivity index (χ4n) is 1.27. The number of hydrogen-bond acceptors (Lipinski definition) is 3. The van der Waals surface area contributed by atoms with Gasteiger partial charge in [0.2, 0.25) is 5.91 Å². The maximum absolute atomic E-state index is 13.2. The minimum Gasteiger partial charge on any atom is -0.320 e. The highest BCUT2D eigenvalue weighted by atomic mass is 32.2. The van der Waals surface area contributed by atoms with Gasteiger partial charge in [-0.2, -0.15) is 11.8 Å². The highest BCUT2D eigenvalue weighted by Gasteiger charge is 2.11. The van der Waals surface area contributed by atoms with E-state index >= 15 is 0 Å². The summed E-state index contributed by atoms with van der Waals surface area (Å²) in [4.78, 5) is 11.5. The molecule has 2 N–H and O–H groups in total. The Hall–Kier alpha value is -1.14. The molecule has 6 heteroatoms. The fourth-order valence-corrected chi connectivity index (χ4v) is 1.56. The first-order chi connectivity index (χ1) is 8.54. The van der Waals surface area contributed by atoms with Gasteiger partial charge in [-0.05, 0) is 18.4 Å². The third kappa shape index (κ3) is 4.62. The molecule has 0 spiro atoms. The van der Waals surface area contributed by atoms with Crippen molar-refractivity contribution in [1.29, 1.82) is 0 Å². The van der Waals surface area contributed by atoms with Crippen LogP contribution in [0.3, 0.4) is 0 Å². The average Bonchev–Trinajstić information content (AvgIpc) is 2.34. The van der Waals surface area contributed by atoms with Gasteiger partial charge in [0.25, 0.3) is 0 Å². The highest BCUT2D eigenvalue weighted by Crippen LogP contribution is 2.17. The molecule has 0 aromatic heterocycles. The topological polar surface area (TPSA) is 41.1 Å². The van der Waals surface area contributed by atoms with Crippen LogP contribution in [-0.4, -0.2) is 30.5 Å². The molecule has 0 aliphatic heterocycles. The number of carbonyl (C=O) groups excluding carboxylic acids is 1. The van der Waals surface area contributed by atoms with Crippen LogP contribution in [0.25, 0.3) is 0 Å². The van der Waals surface area contributed by atoms with Crippen molar-refractivity contribution in [1.82, 2.24) is 5.32 Å². The minimum atomic E-state index is -0.777. The molecular weight excluding hydrogens is 258 g/mol. The number of para-hydroxylation sites is 1. The molecule has 1 rings (SSSR count). The largest absolute Gasteiger partial charge is 0.320 e. The zero-order valence-electron chi connectivity index (χ0n) is 10.3. The van der Waals surface area contributed by atoms with Crippen molar-refractivity contribution in [3.8, 4) is 0 Å². The number of amides is 1. The Morgan fingerprint density at radius 3 is 2.56 bits per heavy atom. The Bertz CT molecular complexity index is 395. The van der Waals surface area contributed by atoms with Crippen molar-refractivity contribution in [2.75, 3.05) is 24.7 Å². The third-order valence-corrected chi connectivity index (χ3v) is 3.32. The Morgan fingerprint density at radius 2 is 2.00 bits per heavy atom. The number of anilines is 1. The first-order valence-electron chi connectivity index (χ1n) is 5.52. The summed E-state index contributed by atoms with van der Waals surface area (Å²) in [7, 11) is 0. The van der Waals surface area contributed by atoms with Crippen LogP contribution in [0.1, 0.15) is 6.92 Å². The first kappa shape index (κ1) is 14.9. The predicted molar refractivity (Wildman–Crippen MR) is 70.8 cm³/mol. The lowest BCUT2D eigenvalue weighted by Gasteiger charge is -2.10. The Morgan fingerprint density at radius 1 is 1.39 bits per heavy atom. The molecule has 3 nitrogen and oxygen atoms in total. The van der Waals surface area contributed by atoms with Crippen LogP contribution in [0.15, 0.2) is 18.2 Å². The molecule has 1 atom stereocenters. The monoisotopic (exact) mass is 274 g/mol. The summed E-state index contributed by atoms with van der Waals surface area (Å²) in [6.45, 7) is 2.71. The van der Waals surface area contributed by atoms with Gasteiger partial charge in [-0.15, -0.1) is 0 Å². The molecule has 0 aliphatic carbocycles. The van der Waals surface area contributed by atoms with Gasteiger partial charge in [0, 0.05) is 11.8 Å². The molecule has 0 radical (unpaired) electrons. The molecule has 0 fully saturated rings. The van der Waals surface area contributed by atoms with Crippen LogP contribution in [0.5, 0.6) is 0 Å². The zero-order chi connectivity index (χ0) is 13.5. The molecule has 1 aromatic carbocycles. The van der Waals surface area contributed by atoms with E-state index in [-0.39, 0.29) is 6.54 Å². The molecule has 100 valence electrons. The molecule has 0 heterocycles. The van der Waals surface area contributed by atoms with Gasteiger partial charge in [0.15, 0.2) is 0 Å². The molecule has 0 saturated heterocycles. The molecule has 18 heavy (non-hydrogen) atoms. The van der Waals surface area contributed by atoms with E-state index in [0.717, 1.165) is 12.1 Å². The number of rotatable bonds is 6. The number of halogens is 2. The molecule has 0 saturated carbocycles. The lowest BCUT2D eigenvalue weighted by Crippen LogP contribution is -2.32. The Labute approximate surface area is 109 Å². The van der Waals surface area contributed by atoms with Gasteiger partial charge >= 0.3 is 0 Å². The van der Waals surface area contributed by atoms with Crippen LogP contribution in [-0.2, 0) is 4.79 Å². The second-order valence-electron chi connectivity index (χ2n) is 3.82. The van der Waals surface area contributed by atoms with Crippen LogP contribution >= 0.6 is 11.8 Å². The summed E-state index contributed by atoms with van der Waals surface area (Å²) in [5, 5.41) is 5.51. The van der Waals surface area contributed by atoms with Crippen molar-refractivity contribution < 1.29 is 13.6 Å². The Kier molecular flexibility index (Phi) is 6.07. The summed E-state index contributed by atoms with van der Waals surface area (Å²) in [6, 6.07) is 3.45. The Balaban J connectivity index is 2.45. The van der Waals surface area contributed by atoms with Crippen molar-refractivity contribution in [2.24, 2.45) is 0 Å². The third-order valence-electron chi connectivity index (χ3n) is 2.35. The van der Waals surface area contributed by atoms with Crippen molar-refractivity contribution in [3.05, 3.63) is 29.8 Å². The lowest BCUT2D eigenvalue weighted by atomic mass is 10.3. The molecule has 0 aliphatic rings. The second-order valence-corrected chi connectivity index (χ2v) is 5.10. The van der Waals surface area contributed by atoms with Gasteiger partial charge in [0.05, 0.1) is 6.54 Å². The van der Waals surface area contributed by atoms with E-state index in [0.29, 0.717) is 11.8 Å². The van der Waals surface area contributed by atoms with E-state index in [1.54, 1.807) is 11.8 Å². The predicted octanol–water partition coefficient (Wildman–Crippen LogP) is 2.24. The quantitative estimate of drug-likeness (QED) is 0.836. The summed E-state index contributed by atoms with van der Waals surface area (Å²) in [5.41, 5.74) is -0.401. The van der Waals surface area contributed by atoms with Gasteiger partial charge in [-0.3, -0.25) is 4.79 Å². The first-order valence-corrected chi connectivity index (χ1v) is 6.80. The van der Waals surface area contributed by atoms with Crippen LogP contribution in [0.4, 0.5) is 14.5 Å². The number of hydrogen-bond donors (Lipinski definition) is 2. The average molecular weight is 274 g/mol.